The first-order valence-electron chi connectivity index (χ1n) is 3.99. The average Bonchev–Trinajstić information content (AvgIpc) is 2.63. The summed E-state index contributed by atoms with van der Waals surface area (Å²) in [7, 11) is 0. The third-order valence-corrected chi connectivity index (χ3v) is 2.07. The molecule has 0 aliphatic heterocycles. The number of carbonyl (C=O) groups is 2. The summed E-state index contributed by atoms with van der Waals surface area (Å²) < 4.78 is 4.55. The summed E-state index contributed by atoms with van der Waals surface area (Å²) in [5, 5.41) is 11.6. The number of esters is 1. The Morgan fingerprint density at radius 3 is 2.93 bits per heavy atom. The molecule has 0 saturated carbocycles. The van der Waals surface area contributed by atoms with Crippen molar-refractivity contribution in [2.24, 2.45) is 0 Å². The lowest BCUT2D eigenvalue weighted by Gasteiger charge is -1.91. The van der Waals surface area contributed by atoms with E-state index in [9.17, 15) is 14.7 Å². The van der Waals surface area contributed by atoms with E-state index in [0.717, 1.165) is 11.3 Å². The van der Waals surface area contributed by atoms with Gasteiger partial charge in [0.1, 0.15) is 16.7 Å². The van der Waals surface area contributed by atoms with Crippen molar-refractivity contribution in [1.82, 2.24) is 4.98 Å². The highest BCUT2D eigenvalue weighted by Crippen LogP contribution is 2.07. The Morgan fingerprint density at radius 2 is 2.40 bits per heavy atom. The van der Waals surface area contributed by atoms with Gasteiger partial charge in [-0.25, -0.2) is 9.78 Å². The quantitative estimate of drug-likeness (QED) is 0.496. The van der Waals surface area contributed by atoms with Gasteiger partial charge in [0.05, 0.1) is 6.61 Å². The van der Waals surface area contributed by atoms with Gasteiger partial charge < -0.3 is 14.6 Å². The highest BCUT2D eigenvalue weighted by Gasteiger charge is 2.00. The van der Waals surface area contributed by atoms with Crippen LogP contribution in [-0.4, -0.2) is 23.5 Å². The van der Waals surface area contributed by atoms with Crippen LogP contribution in [-0.2, 0) is 9.53 Å². The van der Waals surface area contributed by atoms with Crippen LogP contribution >= 0.6 is 11.3 Å². The summed E-state index contributed by atoms with van der Waals surface area (Å²) in [6, 6.07) is 0. The van der Waals surface area contributed by atoms with E-state index >= 15 is 0 Å². The first-order chi connectivity index (χ1) is 7.13. The number of aromatic carboxylic acids is 1. The highest BCUT2D eigenvalue weighted by molar-refractivity contribution is 7.11. The maximum Gasteiger partial charge on any atom is 0.384 e. The number of carboxylic acid groups (broad SMARTS) is 1. The van der Waals surface area contributed by atoms with E-state index in [1.54, 1.807) is 6.92 Å². The van der Waals surface area contributed by atoms with Crippen LogP contribution in [0.15, 0.2) is 5.38 Å². The van der Waals surface area contributed by atoms with E-state index in [2.05, 4.69) is 21.6 Å². The zero-order valence-electron chi connectivity index (χ0n) is 7.77. The molecule has 78 valence electrons. The maximum atomic E-state index is 10.8. The fourth-order valence-electron chi connectivity index (χ4n) is 0.707. The van der Waals surface area contributed by atoms with Gasteiger partial charge in [-0.15, -0.1) is 11.3 Å². The molecule has 0 N–H and O–H groups in total. The van der Waals surface area contributed by atoms with Crippen molar-refractivity contribution in [1.29, 1.82) is 0 Å². The normalized spacial score (nSPS) is 8.87. The molecule has 0 saturated heterocycles. The smallest absolute Gasteiger partial charge is 0.384 e. The largest absolute Gasteiger partial charge is 0.542 e. The van der Waals surface area contributed by atoms with E-state index in [1.807, 2.05) is 0 Å². The van der Waals surface area contributed by atoms with Crippen molar-refractivity contribution in [3.8, 4) is 11.8 Å². The summed E-state index contributed by atoms with van der Waals surface area (Å²) in [6.07, 6.45) is 0. The van der Waals surface area contributed by atoms with Crippen molar-refractivity contribution < 1.29 is 19.4 Å². The van der Waals surface area contributed by atoms with Gasteiger partial charge in [-0.3, -0.25) is 0 Å². The lowest BCUT2D eigenvalue weighted by Crippen LogP contribution is -2.21. The molecule has 15 heavy (non-hydrogen) atoms. The summed E-state index contributed by atoms with van der Waals surface area (Å²) in [5.41, 5.74) is 0.215. The van der Waals surface area contributed by atoms with Crippen LogP contribution in [0, 0.1) is 11.8 Å². The number of carbonyl (C=O) groups excluding carboxylic acids is 2. The van der Waals surface area contributed by atoms with Gasteiger partial charge in [0.15, 0.2) is 0 Å². The van der Waals surface area contributed by atoms with Gasteiger partial charge in [-0.1, -0.05) is 0 Å². The number of ether oxygens (including phenoxy) is 1. The van der Waals surface area contributed by atoms with Crippen molar-refractivity contribution in [3.63, 3.8) is 0 Å². The first kappa shape index (κ1) is 11.2. The van der Waals surface area contributed by atoms with Gasteiger partial charge in [0.25, 0.3) is 0 Å². The third-order valence-electron chi connectivity index (χ3n) is 1.25. The van der Waals surface area contributed by atoms with E-state index in [-0.39, 0.29) is 17.3 Å². The van der Waals surface area contributed by atoms with E-state index in [1.165, 1.54) is 5.38 Å². The SMILES string of the molecule is CCOC(=O)C#Cc1csc(C(=O)[O-])n1. The first-order valence-corrected chi connectivity index (χ1v) is 4.87. The Balaban J connectivity index is 2.72. The van der Waals surface area contributed by atoms with Crippen molar-refractivity contribution >= 4 is 23.3 Å². The molecule has 0 aromatic carbocycles. The average molecular weight is 224 g/mol. The predicted octanol–water partition coefficient (Wildman–Crippen LogP) is -0.579. The highest BCUT2D eigenvalue weighted by atomic mass is 32.1. The minimum Gasteiger partial charge on any atom is -0.542 e. The molecule has 1 rings (SSSR count). The number of hydrogen-bond acceptors (Lipinski definition) is 6. The second-order valence-electron chi connectivity index (χ2n) is 2.30. The number of aromatic nitrogens is 1. The number of hydrogen-bond donors (Lipinski definition) is 0. The molecule has 0 amide bonds. The van der Waals surface area contributed by atoms with Crippen LogP contribution in [0.4, 0.5) is 0 Å². The zero-order valence-corrected chi connectivity index (χ0v) is 8.59. The summed E-state index contributed by atoms with van der Waals surface area (Å²) in [5.74, 6) is 2.54. The monoisotopic (exact) mass is 224 g/mol. The van der Waals surface area contributed by atoms with E-state index < -0.39 is 11.9 Å². The molecule has 6 heteroatoms. The second-order valence-corrected chi connectivity index (χ2v) is 3.15. The van der Waals surface area contributed by atoms with Crippen LogP contribution in [0.3, 0.4) is 0 Å². The van der Waals surface area contributed by atoms with Crippen LogP contribution in [0.5, 0.6) is 0 Å². The van der Waals surface area contributed by atoms with E-state index in [0.29, 0.717) is 0 Å². The summed E-state index contributed by atoms with van der Waals surface area (Å²) >= 11 is 0.895. The Morgan fingerprint density at radius 1 is 1.67 bits per heavy atom. The molecular formula is C9H6NO4S-. The molecule has 0 aliphatic carbocycles. The molecule has 1 heterocycles. The number of rotatable bonds is 2. The molecule has 0 bridgehead atoms. The molecule has 0 aliphatic rings. The standard InChI is InChI=1S/C9H7NO4S/c1-2-14-7(11)4-3-6-5-15-8(10-6)9(12)13/h5H,2H2,1H3,(H,12,13)/p-1. The number of carboxylic acids is 1. The lowest BCUT2D eigenvalue weighted by molar-refractivity contribution is -0.255. The minimum atomic E-state index is -1.36. The molecule has 0 radical (unpaired) electrons. The molecular weight excluding hydrogens is 218 g/mol. The molecule has 5 nitrogen and oxygen atoms in total. The minimum absolute atomic E-state index is 0.164. The van der Waals surface area contributed by atoms with Gasteiger partial charge in [-0.05, 0) is 12.8 Å². The second kappa shape index (κ2) is 5.12. The molecule has 0 spiro atoms. The van der Waals surface area contributed by atoms with Crippen LogP contribution in [0.1, 0.15) is 22.4 Å². The number of thiazole rings is 1. The van der Waals surface area contributed by atoms with Gasteiger partial charge in [0.2, 0.25) is 0 Å². The van der Waals surface area contributed by atoms with Gasteiger partial charge >= 0.3 is 5.97 Å². The van der Waals surface area contributed by atoms with Crippen LogP contribution in [0.25, 0.3) is 0 Å². The maximum absolute atomic E-state index is 10.8. The van der Waals surface area contributed by atoms with Crippen molar-refractivity contribution in [3.05, 3.63) is 16.1 Å². The summed E-state index contributed by atoms with van der Waals surface area (Å²) in [6.45, 7) is 1.91. The Kier molecular flexibility index (Phi) is 3.83. The third kappa shape index (κ3) is 3.40. The Labute approximate surface area is 89.7 Å². The molecule has 0 fully saturated rings. The Bertz CT molecular complexity index is 440. The van der Waals surface area contributed by atoms with E-state index in [4.69, 9.17) is 0 Å². The molecule has 1 aromatic heterocycles. The topological polar surface area (TPSA) is 79.3 Å². The van der Waals surface area contributed by atoms with Crippen LogP contribution in [0.2, 0.25) is 0 Å². The molecule has 0 unspecified atom stereocenters. The Hall–Kier alpha value is -1.87. The fourth-order valence-corrected chi connectivity index (χ4v) is 1.29. The molecule has 0 atom stereocenters. The van der Waals surface area contributed by atoms with Gasteiger partial charge in [-0.2, -0.15) is 0 Å². The van der Waals surface area contributed by atoms with Crippen molar-refractivity contribution in [2.75, 3.05) is 6.61 Å². The number of nitrogens with zero attached hydrogens (tertiary/aromatic N) is 1. The van der Waals surface area contributed by atoms with Crippen LogP contribution < -0.4 is 5.11 Å². The fraction of sp³-hybridized carbons (Fsp3) is 0.222. The zero-order chi connectivity index (χ0) is 11.3. The predicted molar refractivity (Wildman–Crippen MR) is 50.0 cm³/mol. The molecule has 1 aromatic rings. The summed E-state index contributed by atoms with van der Waals surface area (Å²) in [4.78, 5) is 24.8. The van der Waals surface area contributed by atoms with Crippen molar-refractivity contribution in [2.45, 2.75) is 6.92 Å². The van der Waals surface area contributed by atoms with Gasteiger partial charge in [0, 0.05) is 11.3 Å². The lowest BCUT2D eigenvalue weighted by atomic mass is 10.4.